The van der Waals surface area contributed by atoms with Gasteiger partial charge >= 0.3 is 0 Å². The standard InChI is InChI=1S/C19H12Cl4O5S/c20-11-8-14(22)17(15(23)9-11)19(29(26,27)28,10-3-1-4-12(24)7-10)18-13(21)5-2-6-16(18)25/h1-9,24-25H,(H,26,27,28). The first-order valence-electron chi connectivity index (χ1n) is 7.89. The number of phenolic OH excluding ortho intramolecular Hbond substituents is 2. The summed E-state index contributed by atoms with van der Waals surface area (Å²) in [5.74, 6) is -0.844. The molecule has 0 saturated heterocycles. The first kappa shape index (κ1) is 22.0. The molecule has 0 aliphatic carbocycles. The Morgan fingerprint density at radius 1 is 0.759 bits per heavy atom. The van der Waals surface area contributed by atoms with Crippen molar-refractivity contribution in [1.29, 1.82) is 0 Å². The SMILES string of the molecule is O=S(=O)(O)C(c1cccc(O)c1)(c1c(O)cccc1Cl)c1c(Cl)cc(Cl)cc1Cl. The average molecular weight is 494 g/mol. The fraction of sp³-hybridized carbons (Fsp3) is 0.0526. The van der Waals surface area contributed by atoms with Gasteiger partial charge in [0.2, 0.25) is 0 Å². The minimum absolute atomic E-state index is 0.118. The third-order valence-corrected chi connectivity index (χ3v) is 6.89. The van der Waals surface area contributed by atoms with Gasteiger partial charge in [-0.15, -0.1) is 0 Å². The van der Waals surface area contributed by atoms with Crippen molar-refractivity contribution in [2.24, 2.45) is 0 Å². The van der Waals surface area contributed by atoms with Crippen molar-refractivity contribution in [2.75, 3.05) is 0 Å². The van der Waals surface area contributed by atoms with Crippen molar-refractivity contribution in [3.8, 4) is 11.5 Å². The minimum atomic E-state index is -5.17. The molecule has 0 spiro atoms. The molecule has 3 aromatic carbocycles. The Morgan fingerprint density at radius 2 is 1.34 bits per heavy atom. The van der Waals surface area contributed by atoms with Gasteiger partial charge in [0.25, 0.3) is 10.1 Å². The largest absolute Gasteiger partial charge is 0.508 e. The summed E-state index contributed by atoms with van der Waals surface area (Å²) in [6, 6.07) is 11.5. The lowest BCUT2D eigenvalue weighted by molar-refractivity contribution is 0.439. The van der Waals surface area contributed by atoms with E-state index in [1.807, 2.05) is 0 Å². The molecular formula is C19H12Cl4O5S. The lowest BCUT2D eigenvalue weighted by Crippen LogP contribution is -2.39. The van der Waals surface area contributed by atoms with Crippen LogP contribution in [0.4, 0.5) is 0 Å². The van der Waals surface area contributed by atoms with Gasteiger partial charge in [-0.05, 0) is 42.0 Å². The van der Waals surface area contributed by atoms with E-state index in [4.69, 9.17) is 46.4 Å². The van der Waals surface area contributed by atoms with Crippen LogP contribution in [0.15, 0.2) is 54.6 Å². The van der Waals surface area contributed by atoms with Crippen molar-refractivity contribution in [2.45, 2.75) is 4.75 Å². The van der Waals surface area contributed by atoms with Crippen molar-refractivity contribution >= 4 is 56.5 Å². The second-order valence-corrected chi connectivity index (χ2v) is 9.31. The van der Waals surface area contributed by atoms with Crippen LogP contribution in [0, 0.1) is 0 Å². The molecule has 1 atom stereocenters. The molecular weight excluding hydrogens is 482 g/mol. The van der Waals surface area contributed by atoms with Crippen molar-refractivity contribution < 1.29 is 23.2 Å². The van der Waals surface area contributed by atoms with Gasteiger partial charge in [0.15, 0.2) is 4.75 Å². The number of phenols is 2. The summed E-state index contributed by atoms with van der Waals surface area (Å²) >= 11 is 24.9. The van der Waals surface area contributed by atoms with Crippen molar-refractivity contribution in [3.63, 3.8) is 0 Å². The lowest BCUT2D eigenvalue weighted by atomic mass is 9.83. The molecule has 1 unspecified atom stereocenters. The van der Waals surface area contributed by atoms with Crippen LogP contribution >= 0.6 is 46.4 Å². The number of hydrogen-bond acceptors (Lipinski definition) is 4. The second kappa shape index (κ2) is 7.87. The molecule has 3 aromatic rings. The maximum absolute atomic E-state index is 13.0. The summed E-state index contributed by atoms with van der Waals surface area (Å²) in [7, 11) is -5.17. The highest BCUT2D eigenvalue weighted by Crippen LogP contribution is 2.54. The van der Waals surface area contributed by atoms with Crippen LogP contribution in [0.5, 0.6) is 11.5 Å². The monoisotopic (exact) mass is 492 g/mol. The molecule has 152 valence electrons. The number of rotatable bonds is 4. The molecule has 0 aromatic heterocycles. The van der Waals surface area contributed by atoms with Gasteiger partial charge in [0.1, 0.15) is 11.5 Å². The molecule has 10 heteroatoms. The van der Waals surface area contributed by atoms with Crippen LogP contribution in [0.2, 0.25) is 20.1 Å². The first-order chi connectivity index (χ1) is 13.5. The molecule has 29 heavy (non-hydrogen) atoms. The molecule has 3 rings (SSSR count). The highest BCUT2D eigenvalue weighted by Gasteiger charge is 2.53. The topological polar surface area (TPSA) is 94.8 Å². The number of halogens is 4. The maximum atomic E-state index is 13.0. The van der Waals surface area contributed by atoms with Crippen LogP contribution in [0.1, 0.15) is 16.7 Å². The number of aromatic hydroxyl groups is 2. The van der Waals surface area contributed by atoms with E-state index in [0.29, 0.717) is 0 Å². The molecule has 0 aliphatic rings. The Labute approximate surface area is 186 Å². The highest BCUT2D eigenvalue weighted by atomic mass is 35.5. The van der Waals surface area contributed by atoms with Gasteiger partial charge in [0.05, 0.1) is 0 Å². The lowest BCUT2D eigenvalue weighted by Gasteiger charge is -2.35. The minimum Gasteiger partial charge on any atom is -0.508 e. The van der Waals surface area contributed by atoms with Gasteiger partial charge in [-0.3, -0.25) is 4.55 Å². The van der Waals surface area contributed by atoms with Gasteiger partial charge in [0, 0.05) is 31.2 Å². The van der Waals surface area contributed by atoms with E-state index < -0.39 is 20.6 Å². The predicted molar refractivity (Wildman–Crippen MR) is 114 cm³/mol. The molecule has 5 nitrogen and oxygen atoms in total. The van der Waals surface area contributed by atoms with E-state index in [0.717, 1.165) is 6.07 Å². The Balaban J connectivity index is 2.68. The van der Waals surface area contributed by atoms with E-state index in [9.17, 15) is 23.2 Å². The van der Waals surface area contributed by atoms with Crippen LogP contribution < -0.4 is 0 Å². The summed E-state index contributed by atoms with van der Waals surface area (Å²) in [5, 5.41) is 20.1. The van der Waals surface area contributed by atoms with Crippen LogP contribution in [0.25, 0.3) is 0 Å². The Kier molecular flexibility index (Phi) is 5.98. The Bertz CT molecular complexity index is 1170. The summed E-state index contributed by atoms with van der Waals surface area (Å²) in [4.78, 5) is 0. The predicted octanol–water partition coefficient (Wildman–Crippen LogP) is 5.89. The van der Waals surface area contributed by atoms with Gasteiger partial charge in [-0.2, -0.15) is 8.42 Å². The summed E-state index contributed by atoms with van der Waals surface area (Å²) in [5.41, 5.74) is -0.836. The normalized spacial score (nSPS) is 13.8. The van der Waals surface area contributed by atoms with E-state index in [2.05, 4.69) is 0 Å². The van der Waals surface area contributed by atoms with E-state index in [-0.39, 0.29) is 42.5 Å². The van der Waals surface area contributed by atoms with Crippen molar-refractivity contribution in [1.82, 2.24) is 0 Å². The summed E-state index contributed by atoms with van der Waals surface area (Å²) < 4.78 is 34.0. The average Bonchev–Trinajstić information content (AvgIpc) is 2.58. The maximum Gasteiger partial charge on any atom is 0.283 e. The van der Waals surface area contributed by atoms with E-state index >= 15 is 0 Å². The fourth-order valence-corrected chi connectivity index (χ4v) is 6.24. The van der Waals surface area contributed by atoms with Gasteiger partial charge in [-0.25, -0.2) is 0 Å². The smallest absolute Gasteiger partial charge is 0.283 e. The van der Waals surface area contributed by atoms with Gasteiger partial charge < -0.3 is 10.2 Å². The first-order valence-corrected chi connectivity index (χ1v) is 10.8. The molecule has 0 bridgehead atoms. The summed E-state index contributed by atoms with van der Waals surface area (Å²) in [6.45, 7) is 0. The second-order valence-electron chi connectivity index (χ2n) is 6.08. The Morgan fingerprint density at radius 3 is 1.86 bits per heavy atom. The van der Waals surface area contributed by atoms with Crippen LogP contribution in [-0.2, 0) is 14.9 Å². The molecule has 0 aliphatic heterocycles. The zero-order valence-corrected chi connectivity index (χ0v) is 18.1. The quantitative estimate of drug-likeness (QED) is 0.311. The third kappa shape index (κ3) is 3.65. The van der Waals surface area contributed by atoms with Crippen LogP contribution in [0.3, 0.4) is 0 Å². The highest BCUT2D eigenvalue weighted by molar-refractivity contribution is 7.87. The molecule has 0 amide bonds. The van der Waals surface area contributed by atoms with Crippen molar-refractivity contribution in [3.05, 3.63) is 91.4 Å². The molecule has 3 N–H and O–H groups in total. The number of benzene rings is 3. The van der Waals surface area contributed by atoms with Crippen LogP contribution in [-0.4, -0.2) is 23.2 Å². The molecule has 0 heterocycles. The fourth-order valence-electron chi connectivity index (χ4n) is 3.29. The molecule has 0 saturated carbocycles. The molecule has 0 fully saturated rings. The van der Waals surface area contributed by atoms with E-state index in [1.165, 1.54) is 48.5 Å². The number of hydrogen-bond donors (Lipinski definition) is 3. The summed E-state index contributed by atoms with van der Waals surface area (Å²) in [6.07, 6.45) is 0. The zero-order valence-electron chi connectivity index (χ0n) is 14.3. The van der Waals surface area contributed by atoms with Gasteiger partial charge in [-0.1, -0.05) is 64.6 Å². The molecule has 0 radical (unpaired) electrons. The third-order valence-electron chi connectivity index (χ3n) is 4.34. The van der Waals surface area contributed by atoms with E-state index in [1.54, 1.807) is 0 Å². The zero-order chi connectivity index (χ0) is 21.6. The Hall–Kier alpha value is -1.67.